The van der Waals surface area contributed by atoms with E-state index in [4.69, 9.17) is 5.73 Å². The molecule has 0 unspecified atom stereocenters. The SMILES string of the molecule is NC1CCN(S(=O)(=O)c2ccc3c(c2)CC(=O)N3)CC1. The maximum atomic E-state index is 12.6. The Morgan fingerprint density at radius 2 is 1.95 bits per heavy atom. The van der Waals surface area contributed by atoms with E-state index in [0.29, 0.717) is 31.6 Å². The Morgan fingerprint density at radius 1 is 1.25 bits per heavy atom. The van der Waals surface area contributed by atoms with Crippen LogP contribution in [-0.4, -0.2) is 37.8 Å². The highest BCUT2D eigenvalue weighted by Gasteiger charge is 2.29. The molecule has 108 valence electrons. The van der Waals surface area contributed by atoms with Crippen molar-refractivity contribution in [1.29, 1.82) is 0 Å². The van der Waals surface area contributed by atoms with E-state index in [0.717, 1.165) is 5.56 Å². The Balaban J connectivity index is 1.89. The van der Waals surface area contributed by atoms with E-state index in [1.807, 2.05) is 0 Å². The number of anilines is 1. The van der Waals surface area contributed by atoms with Crippen LogP contribution in [0.15, 0.2) is 23.1 Å². The number of nitrogens with one attached hydrogen (secondary N) is 1. The molecule has 7 heteroatoms. The van der Waals surface area contributed by atoms with Crippen molar-refractivity contribution in [2.24, 2.45) is 5.73 Å². The van der Waals surface area contributed by atoms with E-state index in [1.165, 1.54) is 4.31 Å². The molecule has 0 saturated carbocycles. The van der Waals surface area contributed by atoms with Gasteiger partial charge in [-0.15, -0.1) is 0 Å². The molecule has 3 rings (SSSR count). The van der Waals surface area contributed by atoms with Crippen molar-refractivity contribution in [3.05, 3.63) is 23.8 Å². The minimum absolute atomic E-state index is 0.0864. The first kappa shape index (κ1) is 13.5. The quantitative estimate of drug-likeness (QED) is 0.820. The molecule has 0 atom stereocenters. The van der Waals surface area contributed by atoms with Crippen molar-refractivity contribution in [3.8, 4) is 0 Å². The summed E-state index contributed by atoms with van der Waals surface area (Å²) in [6.45, 7) is 0.912. The van der Waals surface area contributed by atoms with Gasteiger partial charge in [-0.25, -0.2) is 8.42 Å². The predicted octanol–water partition coefficient (Wildman–Crippen LogP) is 0.293. The lowest BCUT2D eigenvalue weighted by Crippen LogP contribution is -2.42. The standard InChI is InChI=1S/C13H17N3O3S/c14-10-3-5-16(6-4-10)20(18,19)11-1-2-12-9(7-11)8-13(17)15-12/h1-2,7,10H,3-6,8,14H2,(H,15,17). The topological polar surface area (TPSA) is 92.5 Å². The molecule has 2 aliphatic rings. The van der Waals surface area contributed by atoms with Gasteiger partial charge in [0.2, 0.25) is 15.9 Å². The van der Waals surface area contributed by atoms with E-state index in [9.17, 15) is 13.2 Å². The average molecular weight is 295 g/mol. The lowest BCUT2D eigenvalue weighted by Gasteiger charge is -2.29. The molecule has 0 bridgehead atoms. The smallest absolute Gasteiger partial charge is 0.243 e. The van der Waals surface area contributed by atoms with Crippen molar-refractivity contribution >= 4 is 21.6 Å². The molecule has 0 spiro atoms. The maximum Gasteiger partial charge on any atom is 0.243 e. The third kappa shape index (κ3) is 2.32. The molecule has 1 saturated heterocycles. The summed E-state index contributed by atoms with van der Waals surface area (Å²) in [4.78, 5) is 11.6. The van der Waals surface area contributed by atoms with Crippen LogP contribution >= 0.6 is 0 Å². The number of amides is 1. The second-order valence-electron chi connectivity index (χ2n) is 5.29. The highest BCUT2D eigenvalue weighted by atomic mass is 32.2. The summed E-state index contributed by atoms with van der Waals surface area (Å²) in [6, 6.07) is 4.89. The summed E-state index contributed by atoms with van der Waals surface area (Å²) in [5, 5.41) is 2.70. The number of carbonyl (C=O) groups is 1. The molecule has 2 heterocycles. The van der Waals surface area contributed by atoms with E-state index >= 15 is 0 Å². The van der Waals surface area contributed by atoms with Crippen molar-refractivity contribution in [2.45, 2.75) is 30.2 Å². The third-order valence-corrected chi connectivity index (χ3v) is 5.73. The van der Waals surface area contributed by atoms with Crippen LogP contribution in [0.2, 0.25) is 0 Å². The van der Waals surface area contributed by atoms with Gasteiger partial charge < -0.3 is 11.1 Å². The van der Waals surface area contributed by atoms with E-state index in [2.05, 4.69) is 5.32 Å². The maximum absolute atomic E-state index is 12.6. The number of nitrogens with two attached hydrogens (primary N) is 1. The van der Waals surface area contributed by atoms with E-state index in [1.54, 1.807) is 18.2 Å². The fourth-order valence-electron chi connectivity index (χ4n) is 2.63. The number of nitrogens with zero attached hydrogens (tertiary/aromatic N) is 1. The van der Waals surface area contributed by atoms with Crippen LogP contribution in [0.3, 0.4) is 0 Å². The summed E-state index contributed by atoms with van der Waals surface area (Å²) in [7, 11) is -3.49. The first-order chi connectivity index (χ1) is 9.46. The van der Waals surface area contributed by atoms with Crippen molar-refractivity contribution in [1.82, 2.24) is 4.31 Å². The first-order valence-electron chi connectivity index (χ1n) is 6.65. The second-order valence-corrected chi connectivity index (χ2v) is 7.22. The molecule has 0 aliphatic carbocycles. The molecule has 6 nitrogen and oxygen atoms in total. The van der Waals surface area contributed by atoms with E-state index < -0.39 is 10.0 Å². The molecule has 0 aromatic heterocycles. The Labute approximate surface area is 118 Å². The average Bonchev–Trinajstić information content (AvgIpc) is 2.78. The van der Waals surface area contributed by atoms with Gasteiger partial charge in [-0.1, -0.05) is 0 Å². The van der Waals surface area contributed by atoms with Gasteiger partial charge in [-0.2, -0.15) is 4.31 Å². The summed E-state index contributed by atoms with van der Waals surface area (Å²) < 4.78 is 26.6. The van der Waals surface area contributed by atoms with Gasteiger partial charge in [-0.05, 0) is 36.6 Å². The zero-order valence-electron chi connectivity index (χ0n) is 11.0. The number of fused-ring (bicyclic) bond motifs is 1. The van der Waals surface area contributed by atoms with Gasteiger partial charge in [0.15, 0.2) is 0 Å². The molecule has 0 radical (unpaired) electrons. The molecule has 20 heavy (non-hydrogen) atoms. The van der Waals surface area contributed by atoms with Gasteiger partial charge in [-0.3, -0.25) is 4.79 Å². The monoisotopic (exact) mass is 295 g/mol. The Morgan fingerprint density at radius 3 is 2.65 bits per heavy atom. The third-order valence-electron chi connectivity index (χ3n) is 3.84. The lowest BCUT2D eigenvalue weighted by molar-refractivity contribution is -0.115. The number of rotatable bonds is 2. The predicted molar refractivity (Wildman–Crippen MR) is 74.7 cm³/mol. The molecule has 3 N–H and O–H groups in total. The van der Waals surface area contributed by atoms with Crippen LogP contribution in [0.25, 0.3) is 0 Å². The number of carbonyl (C=O) groups excluding carboxylic acids is 1. The number of benzene rings is 1. The first-order valence-corrected chi connectivity index (χ1v) is 8.09. The van der Waals surface area contributed by atoms with Crippen LogP contribution in [0.4, 0.5) is 5.69 Å². The minimum Gasteiger partial charge on any atom is -0.328 e. The fraction of sp³-hybridized carbons (Fsp3) is 0.462. The second kappa shape index (κ2) is 4.83. The highest BCUT2D eigenvalue weighted by molar-refractivity contribution is 7.89. The largest absolute Gasteiger partial charge is 0.328 e. The van der Waals surface area contributed by atoms with Crippen LogP contribution in [-0.2, 0) is 21.2 Å². The Bertz CT molecular complexity index is 649. The van der Waals surface area contributed by atoms with Gasteiger partial charge in [0.1, 0.15) is 0 Å². The van der Waals surface area contributed by atoms with Gasteiger partial charge >= 0.3 is 0 Å². The number of hydrogen-bond donors (Lipinski definition) is 2. The molecule has 2 aliphatic heterocycles. The Hall–Kier alpha value is -1.44. The summed E-state index contributed by atoms with van der Waals surface area (Å²) >= 11 is 0. The number of sulfonamides is 1. The van der Waals surface area contributed by atoms with Crippen molar-refractivity contribution in [2.75, 3.05) is 18.4 Å². The van der Waals surface area contributed by atoms with Crippen LogP contribution in [0.5, 0.6) is 0 Å². The normalized spacial score (nSPS) is 20.8. The van der Waals surface area contributed by atoms with Gasteiger partial charge in [0, 0.05) is 24.8 Å². The lowest BCUT2D eigenvalue weighted by atomic mass is 10.1. The molecular weight excluding hydrogens is 278 g/mol. The van der Waals surface area contributed by atoms with Crippen molar-refractivity contribution < 1.29 is 13.2 Å². The zero-order chi connectivity index (χ0) is 14.3. The van der Waals surface area contributed by atoms with E-state index in [-0.39, 0.29) is 23.3 Å². The molecule has 1 aromatic rings. The van der Waals surface area contributed by atoms with Crippen LogP contribution in [0.1, 0.15) is 18.4 Å². The molecule has 1 amide bonds. The number of piperidine rings is 1. The molecule has 1 fully saturated rings. The summed E-state index contributed by atoms with van der Waals surface area (Å²) in [5.74, 6) is -0.0986. The van der Waals surface area contributed by atoms with Crippen LogP contribution < -0.4 is 11.1 Å². The molecular formula is C13H17N3O3S. The number of hydrogen-bond acceptors (Lipinski definition) is 4. The fourth-order valence-corrected chi connectivity index (χ4v) is 4.15. The minimum atomic E-state index is -3.49. The highest BCUT2D eigenvalue weighted by Crippen LogP contribution is 2.28. The summed E-state index contributed by atoms with van der Waals surface area (Å²) in [6.07, 6.45) is 1.61. The van der Waals surface area contributed by atoms with Gasteiger partial charge in [0.25, 0.3) is 0 Å². The summed E-state index contributed by atoms with van der Waals surface area (Å²) in [5.41, 5.74) is 7.24. The van der Waals surface area contributed by atoms with Crippen LogP contribution in [0, 0.1) is 0 Å². The van der Waals surface area contributed by atoms with Gasteiger partial charge in [0.05, 0.1) is 11.3 Å². The molecule has 1 aromatic carbocycles. The zero-order valence-corrected chi connectivity index (χ0v) is 11.8. The van der Waals surface area contributed by atoms with Crippen molar-refractivity contribution in [3.63, 3.8) is 0 Å². The Kier molecular flexibility index (Phi) is 3.27.